The zero-order chi connectivity index (χ0) is 14.1. The largest absolute Gasteiger partial charge is 0.478 e. The van der Waals surface area contributed by atoms with Crippen molar-refractivity contribution in [1.29, 1.82) is 0 Å². The lowest BCUT2D eigenvalue weighted by molar-refractivity contribution is -0.0258. The molecule has 0 saturated carbocycles. The van der Waals surface area contributed by atoms with Crippen LogP contribution in [0.3, 0.4) is 0 Å². The van der Waals surface area contributed by atoms with Gasteiger partial charge in [0.25, 0.3) is 10.0 Å². The number of halogens is 2. The van der Waals surface area contributed by atoms with E-state index in [-0.39, 0.29) is 0 Å². The highest BCUT2D eigenvalue weighted by Crippen LogP contribution is 2.25. The van der Waals surface area contributed by atoms with Gasteiger partial charge >= 0.3 is 5.97 Å². The van der Waals surface area contributed by atoms with Gasteiger partial charge in [-0.05, 0) is 12.1 Å². The molecule has 1 aromatic carbocycles. The monoisotopic (exact) mass is 297 g/mol. The van der Waals surface area contributed by atoms with E-state index in [1.54, 1.807) is 0 Å². The third kappa shape index (κ3) is 2.61. The highest BCUT2D eigenvalue weighted by molar-refractivity contribution is 7.89. The first-order valence-electron chi connectivity index (χ1n) is 4.47. The van der Waals surface area contributed by atoms with Crippen LogP contribution in [0.25, 0.3) is 0 Å². The average molecular weight is 298 g/mol. The number of hydrogen-bond donors (Lipinski definition) is 1. The molecule has 100 valence electrons. The second-order valence-corrected chi connectivity index (χ2v) is 5.48. The minimum atomic E-state index is -4.14. The Balaban J connectivity index is 3.50. The van der Waals surface area contributed by atoms with Crippen LogP contribution in [-0.4, -0.2) is 38.1 Å². The highest BCUT2D eigenvalue weighted by Gasteiger charge is 2.25. The summed E-state index contributed by atoms with van der Waals surface area (Å²) in [5.41, 5.74) is -0.639. The van der Waals surface area contributed by atoms with E-state index < -0.39 is 37.3 Å². The zero-order valence-corrected chi connectivity index (χ0v) is 10.9. The maximum atomic E-state index is 13.4. The summed E-state index contributed by atoms with van der Waals surface area (Å²) < 4.78 is 37.5. The van der Waals surface area contributed by atoms with Crippen molar-refractivity contribution in [2.24, 2.45) is 0 Å². The summed E-state index contributed by atoms with van der Waals surface area (Å²) >= 11 is 5.43. The quantitative estimate of drug-likeness (QED) is 0.848. The smallest absolute Gasteiger partial charge is 0.337 e. The van der Waals surface area contributed by atoms with Gasteiger partial charge in [0.05, 0.1) is 22.6 Å². The van der Waals surface area contributed by atoms with Crippen LogP contribution in [0.15, 0.2) is 17.0 Å². The molecular formula is C9H9ClFNO5S. The standard InChI is InChI=1S/C9H9ClFNO5S/c1-12(17-2)18(15,16)5-3-6(9(13)14)8(10)7(11)4-5/h3-4H,1-2H3,(H,13,14). The topological polar surface area (TPSA) is 83.9 Å². The number of carboxylic acid groups (broad SMARTS) is 1. The minimum absolute atomic E-state index is 0.474. The molecule has 0 heterocycles. The van der Waals surface area contributed by atoms with Crippen LogP contribution in [0.1, 0.15) is 10.4 Å². The molecule has 1 rings (SSSR count). The fourth-order valence-electron chi connectivity index (χ4n) is 1.12. The van der Waals surface area contributed by atoms with Crippen LogP contribution in [0.4, 0.5) is 4.39 Å². The second kappa shape index (κ2) is 5.19. The van der Waals surface area contributed by atoms with Crippen LogP contribution >= 0.6 is 11.6 Å². The van der Waals surface area contributed by atoms with Crippen molar-refractivity contribution in [1.82, 2.24) is 4.47 Å². The van der Waals surface area contributed by atoms with E-state index in [2.05, 4.69) is 4.84 Å². The van der Waals surface area contributed by atoms with E-state index in [1.165, 1.54) is 0 Å². The van der Waals surface area contributed by atoms with Crippen molar-refractivity contribution in [2.45, 2.75) is 4.90 Å². The minimum Gasteiger partial charge on any atom is -0.478 e. The van der Waals surface area contributed by atoms with Crippen molar-refractivity contribution in [3.05, 3.63) is 28.5 Å². The molecule has 0 spiro atoms. The number of nitrogens with zero attached hydrogens (tertiary/aromatic N) is 1. The highest BCUT2D eigenvalue weighted by atomic mass is 35.5. The fraction of sp³-hybridized carbons (Fsp3) is 0.222. The summed E-state index contributed by atoms with van der Waals surface area (Å²) in [5, 5.41) is 8.13. The number of carboxylic acids is 1. The summed E-state index contributed by atoms with van der Waals surface area (Å²) in [6.07, 6.45) is 0. The van der Waals surface area contributed by atoms with E-state index in [0.717, 1.165) is 20.2 Å². The van der Waals surface area contributed by atoms with Gasteiger partial charge in [0.15, 0.2) is 0 Å². The van der Waals surface area contributed by atoms with E-state index in [1.807, 2.05) is 0 Å². The fourth-order valence-corrected chi connectivity index (χ4v) is 2.32. The summed E-state index contributed by atoms with van der Waals surface area (Å²) in [4.78, 5) is 14.7. The van der Waals surface area contributed by atoms with Crippen LogP contribution in [0.2, 0.25) is 5.02 Å². The SMILES string of the molecule is CON(C)S(=O)(=O)c1cc(F)c(Cl)c(C(=O)O)c1. The van der Waals surface area contributed by atoms with Crippen molar-refractivity contribution in [2.75, 3.05) is 14.2 Å². The Kier molecular flexibility index (Phi) is 4.28. The van der Waals surface area contributed by atoms with Gasteiger partial charge in [-0.3, -0.25) is 4.84 Å². The number of sulfonamides is 1. The van der Waals surface area contributed by atoms with Gasteiger partial charge in [0, 0.05) is 7.05 Å². The molecule has 0 amide bonds. The van der Waals surface area contributed by atoms with Crippen molar-refractivity contribution < 1.29 is 27.5 Å². The molecule has 0 unspecified atom stereocenters. The Morgan fingerprint density at radius 1 is 1.50 bits per heavy atom. The average Bonchev–Trinajstić information content (AvgIpc) is 2.30. The van der Waals surface area contributed by atoms with E-state index in [9.17, 15) is 17.6 Å². The summed E-state index contributed by atoms with van der Waals surface area (Å²) in [7, 11) is -1.95. The molecule has 0 atom stereocenters. The number of benzene rings is 1. The van der Waals surface area contributed by atoms with E-state index in [4.69, 9.17) is 16.7 Å². The Bertz CT molecular complexity index is 589. The molecule has 0 aliphatic carbocycles. The maximum absolute atomic E-state index is 13.4. The Hall–Kier alpha value is -1.22. The molecule has 0 fully saturated rings. The van der Waals surface area contributed by atoms with Crippen molar-refractivity contribution in [3.63, 3.8) is 0 Å². The Morgan fingerprint density at radius 3 is 2.50 bits per heavy atom. The first kappa shape index (κ1) is 14.8. The Morgan fingerprint density at radius 2 is 2.06 bits per heavy atom. The van der Waals surface area contributed by atoms with E-state index >= 15 is 0 Å². The Labute approximate surface area is 108 Å². The predicted molar refractivity (Wildman–Crippen MR) is 60.3 cm³/mol. The molecule has 1 N–H and O–H groups in total. The molecule has 0 aliphatic rings. The molecule has 1 aromatic rings. The number of carbonyl (C=O) groups is 1. The molecule has 9 heteroatoms. The van der Waals surface area contributed by atoms with Crippen molar-refractivity contribution in [3.8, 4) is 0 Å². The first-order valence-corrected chi connectivity index (χ1v) is 6.29. The van der Waals surface area contributed by atoms with Gasteiger partial charge < -0.3 is 5.11 Å². The normalized spacial score (nSPS) is 11.8. The summed E-state index contributed by atoms with van der Waals surface area (Å²) in [6.45, 7) is 0. The maximum Gasteiger partial charge on any atom is 0.337 e. The van der Waals surface area contributed by atoms with E-state index in [0.29, 0.717) is 10.5 Å². The lowest BCUT2D eigenvalue weighted by atomic mass is 10.2. The molecule has 6 nitrogen and oxygen atoms in total. The molecule has 18 heavy (non-hydrogen) atoms. The lowest BCUT2D eigenvalue weighted by Crippen LogP contribution is -2.26. The molecule has 0 aliphatic heterocycles. The third-order valence-corrected chi connectivity index (χ3v) is 4.17. The first-order chi connectivity index (χ1) is 8.21. The predicted octanol–water partition coefficient (Wildman–Crippen LogP) is 1.36. The number of hydroxylamine groups is 1. The third-order valence-electron chi connectivity index (χ3n) is 2.13. The molecule has 0 radical (unpaired) electrons. The van der Waals surface area contributed by atoms with Gasteiger partial charge in [0.2, 0.25) is 0 Å². The van der Waals surface area contributed by atoms with Gasteiger partial charge in [-0.2, -0.15) is 0 Å². The number of hydrogen-bond acceptors (Lipinski definition) is 4. The molecule has 0 aromatic heterocycles. The molecular weight excluding hydrogens is 289 g/mol. The van der Waals surface area contributed by atoms with Gasteiger partial charge in [0.1, 0.15) is 5.82 Å². The van der Waals surface area contributed by atoms with Crippen LogP contribution in [0.5, 0.6) is 0 Å². The van der Waals surface area contributed by atoms with Crippen LogP contribution in [-0.2, 0) is 14.9 Å². The lowest BCUT2D eigenvalue weighted by Gasteiger charge is -2.14. The molecule has 0 bridgehead atoms. The number of aromatic carboxylic acids is 1. The van der Waals surface area contributed by atoms with Crippen LogP contribution in [0, 0.1) is 5.82 Å². The van der Waals surface area contributed by atoms with Gasteiger partial charge in [-0.1, -0.05) is 16.1 Å². The van der Waals surface area contributed by atoms with Gasteiger partial charge in [-0.15, -0.1) is 0 Å². The number of rotatable bonds is 4. The van der Waals surface area contributed by atoms with Crippen molar-refractivity contribution >= 4 is 27.6 Å². The zero-order valence-electron chi connectivity index (χ0n) is 9.35. The van der Waals surface area contributed by atoms with Gasteiger partial charge in [-0.25, -0.2) is 17.6 Å². The molecule has 0 saturated heterocycles. The van der Waals surface area contributed by atoms with Crippen LogP contribution < -0.4 is 0 Å². The summed E-state index contributed by atoms with van der Waals surface area (Å²) in [6, 6.07) is 1.39. The summed E-state index contributed by atoms with van der Waals surface area (Å²) in [5.74, 6) is -2.67. The second-order valence-electron chi connectivity index (χ2n) is 3.17.